The fourth-order valence-electron chi connectivity index (χ4n) is 0.185. The first-order chi connectivity index (χ1) is 3.81. The molecule has 0 aromatic carbocycles. The molecule has 0 aliphatic carbocycles. The van der Waals surface area contributed by atoms with Gasteiger partial charge in [-0.2, -0.15) is 12.6 Å². The van der Waals surface area contributed by atoms with Gasteiger partial charge in [0.05, 0.1) is 12.4 Å². The number of amides is 1. The van der Waals surface area contributed by atoms with Gasteiger partial charge in [-0.15, -0.1) is 0 Å². The molecule has 0 saturated heterocycles. The van der Waals surface area contributed by atoms with Crippen LogP contribution in [0.4, 0.5) is 0 Å². The molecule has 0 saturated carbocycles. The van der Waals surface area contributed by atoms with Gasteiger partial charge in [0, 0.05) is 0 Å². The van der Waals surface area contributed by atoms with Crippen LogP contribution in [-0.4, -0.2) is 18.3 Å². The zero-order chi connectivity index (χ0) is 6.41. The Hall–Kier alpha value is -0.220. The molecule has 0 heterocycles. The fourth-order valence-corrected chi connectivity index (χ4v) is 0.249. The van der Waals surface area contributed by atoms with Crippen LogP contribution in [0.1, 0.15) is 6.92 Å². The highest BCUT2D eigenvalue weighted by Gasteiger charge is 1.91. The summed E-state index contributed by atoms with van der Waals surface area (Å²) in [4.78, 5) is 14.8. The fraction of sp³-hybridized carbons (Fsp3) is 0.750. The van der Waals surface area contributed by atoms with E-state index in [9.17, 15) is 4.79 Å². The molecule has 48 valence electrons. The molecule has 0 atom stereocenters. The van der Waals surface area contributed by atoms with Crippen molar-refractivity contribution in [2.45, 2.75) is 6.92 Å². The van der Waals surface area contributed by atoms with Gasteiger partial charge in [-0.05, 0) is 6.92 Å². The lowest BCUT2D eigenvalue weighted by Gasteiger charge is -1.98. The molecule has 0 aliphatic rings. The van der Waals surface area contributed by atoms with E-state index in [1.165, 1.54) is 0 Å². The first-order valence-electron chi connectivity index (χ1n) is 2.32. The number of carbonyl (C=O) groups excluding carboxylic acids is 1. The number of hydroxylamine groups is 1. The smallest absolute Gasteiger partial charge is 0.253 e. The normalized spacial score (nSPS) is 8.75. The van der Waals surface area contributed by atoms with E-state index in [2.05, 4.69) is 22.9 Å². The number of hydrogen-bond acceptors (Lipinski definition) is 3. The van der Waals surface area contributed by atoms with E-state index in [-0.39, 0.29) is 11.7 Å². The minimum Gasteiger partial charge on any atom is -0.274 e. The average molecular weight is 135 g/mol. The van der Waals surface area contributed by atoms with Gasteiger partial charge in [0.2, 0.25) is 0 Å². The van der Waals surface area contributed by atoms with Crippen molar-refractivity contribution in [1.29, 1.82) is 0 Å². The van der Waals surface area contributed by atoms with Gasteiger partial charge in [-0.3, -0.25) is 9.63 Å². The third kappa shape index (κ3) is 3.95. The molecule has 1 N–H and O–H groups in total. The van der Waals surface area contributed by atoms with Crippen molar-refractivity contribution in [3.05, 3.63) is 0 Å². The van der Waals surface area contributed by atoms with E-state index in [0.29, 0.717) is 6.61 Å². The average Bonchev–Trinajstić information content (AvgIpc) is 1.83. The van der Waals surface area contributed by atoms with E-state index in [0.717, 1.165) is 0 Å². The predicted molar refractivity (Wildman–Crippen MR) is 33.6 cm³/mol. The van der Waals surface area contributed by atoms with Crippen molar-refractivity contribution in [3.8, 4) is 0 Å². The summed E-state index contributed by atoms with van der Waals surface area (Å²) in [5.41, 5.74) is 2.17. The van der Waals surface area contributed by atoms with E-state index >= 15 is 0 Å². The summed E-state index contributed by atoms with van der Waals surface area (Å²) in [6, 6.07) is 0. The van der Waals surface area contributed by atoms with Gasteiger partial charge in [0.1, 0.15) is 0 Å². The second-order valence-corrected chi connectivity index (χ2v) is 1.43. The van der Waals surface area contributed by atoms with Crippen molar-refractivity contribution >= 4 is 18.5 Å². The van der Waals surface area contributed by atoms with Crippen LogP contribution in [-0.2, 0) is 9.63 Å². The topological polar surface area (TPSA) is 38.3 Å². The van der Waals surface area contributed by atoms with Crippen LogP contribution in [0, 0.1) is 0 Å². The molecule has 8 heavy (non-hydrogen) atoms. The summed E-state index contributed by atoms with van der Waals surface area (Å²) in [6.45, 7) is 2.28. The molecule has 4 heteroatoms. The number of thiol groups is 1. The maximum absolute atomic E-state index is 10.3. The molecule has 0 unspecified atom stereocenters. The maximum Gasteiger partial charge on any atom is 0.253 e. The second-order valence-electron chi connectivity index (χ2n) is 1.12. The Bertz CT molecular complexity index is 76.4. The van der Waals surface area contributed by atoms with Crippen LogP contribution < -0.4 is 5.48 Å². The molecule has 0 aromatic rings. The van der Waals surface area contributed by atoms with Gasteiger partial charge in [0.15, 0.2) is 0 Å². The lowest BCUT2D eigenvalue weighted by molar-refractivity contribution is -0.130. The van der Waals surface area contributed by atoms with Crippen LogP contribution in [0.2, 0.25) is 0 Å². The minimum atomic E-state index is -0.213. The van der Waals surface area contributed by atoms with Gasteiger partial charge in [-0.25, -0.2) is 5.48 Å². The number of hydrogen-bond donors (Lipinski definition) is 2. The molecule has 0 radical (unpaired) electrons. The Morgan fingerprint density at radius 1 is 1.88 bits per heavy atom. The zero-order valence-corrected chi connectivity index (χ0v) is 5.57. The van der Waals surface area contributed by atoms with Crippen LogP contribution >= 0.6 is 12.6 Å². The van der Waals surface area contributed by atoms with Crippen molar-refractivity contribution in [1.82, 2.24) is 5.48 Å². The van der Waals surface area contributed by atoms with Crippen LogP contribution in [0.3, 0.4) is 0 Å². The highest BCUT2D eigenvalue weighted by molar-refractivity contribution is 7.81. The van der Waals surface area contributed by atoms with E-state index in [1.807, 2.05) is 0 Å². The molecule has 0 aliphatic heterocycles. The molecular formula is C4H9NO2S. The number of carbonyl (C=O) groups is 1. The first kappa shape index (κ1) is 7.78. The van der Waals surface area contributed by atoms with Gasteiger partial charge < -0.3 is 0 Å². The van der Waals surface area contributed by atoms with Gasteiger partial charge in [0.25, 0.3) is 5.91 Å². The maximum atomic E-state index is 10.3. The van der Waals surface area contributed by atoms with Crippen LogP contribution in [0.5, 0.6) is 0 Å². The lowest BCUT2D eigenvalue weighted by Crippen LogP contribution is -2.24. The first-order valence-corrected chi connectivity index (χ1v) is 2.96. The molecule has 3 nitrogen and oxygen atoms in total. The number of rotatable bonds is 3. The highest BCUT2D eigenvalue weighted by Crippen LogP contribution is 1.72. The van der Waals surface area contributed by atoms with Gasteiger partial charge in [-0.1, -0.05) is 0 Å². The number of nitrogens with one attached hydrogen (secondary N) is 1. The largest absolute Gasteiger partial charge is 0.274 e. The molecule has 0 bridgehead atoms. The third-order valence-corrected chi connectivity index (χ3v) is 0.761. The predicted octanol–water partition coefficient (Wildman–Crippen LogP) is -0.0161. The monoisotopic (exact) mass is 135 g/mol. The van der Waals surface area contributed by atoms with E-state index in [4.69, 9.17) is 0 Å². The van der Waals surface area contributed by atoms with Crippen molar-refractivity contribution < 1.29 is 9.63 Å². The van der Waals surface area contributed by atoms with Gasteiger partial charge >= 0.3 is 0 Å². The summed E-state index contributed by atoms with van der Waals surface area (Å²) in [6.07, 6.45) is 0. The van der Waals surface area contributed by atoms with E-state index in [1.54, 1.807) is 6.92 Å². The quantitative estimate of drug-likeness (QED) is 0.422. The Morgan fingerprint density at radius 2 is 2.50 bits per heavy atom. The van der Waals surface area contributed by atoms with Crippen molar-refractivity contribution in [2.24, 2.45) is 0 Å². The summed E-state index contributed by atoms with van der Waals surface area (Å²) in [5.74, 6) is -0.0461. The Labute approximate surface area is 53.8 Å². The van der Waals surface area contributed by atoms with Crippen LogP contribution in [0.25, 0.3) is 0 Å². The summed E-state index contributed by atoms with van der Waals surface area (Å²) < 4.78 is 0. The summed E-state index contributed by atoms with van der Waals surface area (Å²) in [5, 5.41) is 0. The Kier molecular flexibility index (Phi) is 4.79. The third-order valence-electron chi connectivity index (χ3n) is 0.474. The minimum absolute atomic E-state index is 0.167. The molecule has 0 fully saturated rings. The Morgan fingerprint density at radius 3 is 2.88 bits per heavy atom. The van der Waals surface area contributed by atoms with Crippen molar-refractivity contribution in [3.63, 3.8) is 0 Å². The van der Waals surface area contributed by atoms with Crippen LogP contribution in [0.15, 0.2) is 0 Å². The summed E-state index contributed by atoms with van der Waals surface area (Å²) >= 11 is 3.70. The van der Waals surface area contributed by atoms with Crippen molar-refractivity contribution in [2.75, 3.05) is 12.4 Å². The molecular weight excluding hydrogens is 126 g/mol. The second kappa shape index (κ2) is 4.93. The zero-order valence-electron chi connectivity index (χ0n) is 4.68. The lowest BCUT2D eigenvalue weighted by atomic mass is 10.8. The SMILES string of the molecule is CCONC(=O)CS. The summed E-state index contributed by atoms with van der Waals surface area (Å²) in [7, 11) is 0. The molecule has 0 aromatic heterocycles. The highest BCUT2D eigenvalue weighted by atomic mass is 32.1. The molecule has 0 rings (SSSR count). The van der Waals surface area contributed by atoms with E-state index < -0.39 is 0 Å². The Balaban J connectivity index is 2.99. The molecule has 0 spiro atoms. The molecule has 1 amide bonds. The standard InChI is InChI=1S/C4H9NO2S/c1-2-7-5-4(6)3-8/h8H,2-3H2,1H3,(H,5,6).